The Bertz CT molecular complexity index is 558. The number of nitrogens with one attached hydrogen (secondary N) is 1. The lowest BCUT2D eigenvalue weighted by atomic mass is 10.1. The maximum Gasteiger partial charge on any atom is 0.223 e. The summed E-state index contributed by atoms with van der Waals surface area (Å²) in [5.41, 5.74) is 3.72. The number of hydrogen-bond acceptors (Lipinski definition) is 4. The normalized spacial score (nSPS) is 18.9. The number of rotatable bonds is 4. The molecule has 1 aromatic heterocycles. The summed E-state index contributed by atoms with van der Waals surface area (Å²) in [5.74, 6) is 0.748. The van der Waals surface area contributed by atoms with Gasteiger partial charge in [-0.05, 0) is 31.9 Å². The minimum Gasteiger partial charge on any atom is -0.350 e. The fourth-order valence-corrected chi connectivity index (χ4v) is 2.86. The molecule has 0 aliphatic carbocycles. The molecule has 0 radical (unpaired) electrons. The summed E-state index contributed by atoms with van der Waals surface area (Å²) in [6.07, 6.45) is 2.95. The highest BCUT2D eigenvalue weighted by Crippen LogP contribution is 2.16. The molecule has 1 aliphatic heterocycles. The Morgan fingerprint density at radius 2 is 2.19 bits per heavy atom. The van der Waals surface area contributed by atoms with Crippen molar-refractivity contribution < 1.29 is 0 Å². The summed E-state index contributed by atoms with van der Waals surface area (Å²) < 4.78 is 0. The average Bonchev–Trinajstić information content (AvgIpc) is 2.86. The molecular weight excluding hydrogens is 260 g/mol. The van der Waals surface area contributed by atoms with Crippen LogP contribution >= 0.6 is 0 Å². The minimum absolute atomic E-state index is 0.441. The standard InChI is InChI=1S/C17H22N4/c1-13-4-3-5-15(10-13)11-21-9-7-16(12-21)20-17-18-8-6-14(2)19-17/h3-6,8,10,16H,7,9,11-12H2,1-2H3,(H,18,19,20). The molecule has 21 heavy (non-hydrogen) atoms. The van der Waals surface area contributed by atoms with E-state index < -0.39 is 0 Å². The highest BCUT2D eigenvalue weighted by atomic mass is 15.2. The van der Waals surface area contributed by atoms with Crippen LogP contribution in [-0.4, -0.2) is 34.0 Å². The zero-order chi connectivity index (χ0) is 14.7. The first-order valence-electron chi connectivity index (χ1n) is 7.53. The maximum absolute atomic E-state index is 4.42. The molecule has 0 amide bonds. The molecule has 110 valence electrons. The van der Waals surface area contributed by atoms with Crippen LogP contribution in [0.25, 0.3) is 0 Å². The van der Waals surface area contributed by atoms with Gasteiger partial charge >= 0.3 is 0 Å². The summed E-state index contributed by atoms with van der Waals surface area (Å²) in [7, 11) is 0. The Balaban J connectivity index is 1.56. The van der Waals surface area contributed by atoms with Crippen LogP contribution in [-0.2, 0) is 6.54 Å². The van der Waals surface area contributed by atoms with Crippen LogP contribution in [0.15, 0.2) is 36.5 Å². The number of likely N-dealkylation sites (tertiary alicyclic amines) is 1. The summed E-state index contributed by atoms with van der Waals surface area (Å²) in [5, 5.41) is 3.44. The fraction of sp³-hybridized carbons (Fsp3) is 0.412. The predicted molar refractivity (Wildman–Crippen MR) is 85.3 cm³/mol. The van der Waals surface area contributed by atoms with Crippen LogP contribution in [0.3, 0.4) is 0 Å². The van der Waals surface area contributed by atoms with E-state index in [1.54, 1.807) is 0 Å². The third-order valence-corrected chi connectivity index (χ3v) is 3.89. The predicted octanol–water partition coefficient (Wildman–Crippen LogP) is 2.78. The zero-order valence-corrected chi connectivity index (χ0v) is 12.7. The van der Waals surface area contributed by atoms with Gasteiger partial charge in [-0.3, -0.25) is 4.90 Å². The maximum atomic E-state index is 4.42. The number of anilines is 1. The van der Waals surface area contributed by atoms with Crippen LogP contribution < -0.4 is 5.32 Å². The van der Waals surface area contributed by atoms with E-state index in [2.05, 4.69) is 51.4 Å². The van der Waals surface area contributed by atoms with Gasteiger partial charge in [0.15, 0.2) is 0 Å². The molecule has 2 aromatic rings. The Hall–Kier alpha value is -1.94. The fourth-order valence-electron chi connectivity index (χ4n) is 2.86. The molecule has 4 heteroatoms. The zero-order valence-electron chi connectivity index (χ0n) is 12.7. The van der Waals surface area contributed by atoms with Gasteiger partial charge in [0.05, 0.1) is 0 Å². The lowest BCUT2D eigenvalue weighted by molar-refractivity contribution is 0.328. The molecule has 1 N–H and O–H groups in total. The van der Waals surface area contributed by atoms with E-state index in [1.807, 2.05) is 19.2 Å². The smallest absolute Gasteiger partial charge is 0.223 e. The third kappa shape index (κ3) is 3.79. The van der Waals surface area contributed by atoms with E-state index in [0.717, 1.165) is 37.7 Å². The lowest BCUT2D eigenvalue weighted by Gasteiger charge is -2.17. The van der Waals surface area contributed by atoms with Gasteiger partial charge in [0.25, 0.3) is 0 Å². The van der Waals surface area contributed by atoms with E-state index in [9.17, 15) is 0 Å². The molecule has 1 saturated heterocycles. The third-order valence-electron chi connectivity index (χ3n) is 3.89. The van der Waals surface area contributed by atoms with Crippen LogP contribution in [0.5, 0.6) is 0 Å². The minimum atomic E-state index is 0.441. The number of aromatic nitrogens is 2. The molecule has 1 atom stereocenters. The Labute approximate surface area is 126 Å². The molecule has 0 saturated carbocycles. The molecule has 4 nitrogen and oxygen atoms in total. The van der Waals surface area contributed by atoms with E-state index >= 15 is 0 Å². The molecule has 0 spiro atoms. The number of benzene rings is 1. The van der Waals surface area contributed by atoms with Crippen molar-refractivity contribution in [3.05, 3.63) is 53.3 Å². The van der Waals surface area contributed by atoms with Crippen LogP contribution in [0.2, 0.25) is 0 Å². The number of aryl methyl sites for hydroxylation is 2. The van der Waals surface area contributed by atoms with Crippen molar-refractivity contribution in [2.24, 2.45) is 0 Å². The van der Waals surface area contributed by atoms with Crippen molar-refractivity contribution in [2.45, 2.75) is 32.9 Å². The van der Waals surface area contributed by atoms with Gasteiger partial charge in [-0.15, -0.1) is 0 Å². The lowest BCUT2D eigenvalue weighted by Crippen LogP contribution is -2.26. The first kappa shape index (κ1) is 14.0. The largest absolute Gasteiger partial charge is 0.350 e. The quantitative estimate of drug-likeness (QED) is 0.936. The van der Waals surface area contributed by atoms with Crippen LogP contribution in [0.4, 0.5) is 5.95 Å². The Morgan fingerprint density at radius 1 is 1.29 bits per heavy atom. The van der Waals surface area contributed by atoms with Gasteiger partial charge in [-0.2, -0.15) is 0 Å². The average molecular weight is 282 g/mol. The molecule has 1 aliphatic rings. The van der Waals surface area contributed by atoms with Gasteiger partial charge in [-0.1, -0.05) is 29.8 Å². The second-order valence-corrected chi connectivity index (χ2v) is 5.88. The van der Waals surface area contributed by atoms with Gasteiger partial charge in [0, 0.05) is 37.6 Å². The van der Waals surface area contributed by atoms with Gasteiger partial charge in [-0.25, -0.2) is 9.97 Å². The second kappa shape index (κ2) is 6.22. The van der Waals surface area contributed by atoms with E-state index in [-0.39, 0.29) is 0 Å². The van der Waals surface area contributed by atoms with Crippen molar-refractivity contribution in [3.63, 3.8) is 0 Å². The van der Waals surface area contributed by atoms with Gasteiger partial charge in [0.1, 0.15) is 0 Å². The molecule has 1 unspecified atom stereocenters. The Kier molecular flexibility index (Phi) is 4.15. The van der Waals surface area contributed by atoms with Crippen molar-refractivity contribution in [3.8, 4) is 0 Å². The van der Waals surface area contributed by atoms with E-state index in [1.165, 1.54) is 11.1 Å². The van der Waals surface area contributed by atoms with Gasteiger partial charge in [0.2, 0.25) is 5.95 Å². The van der Waals surface area contributed by atoms with Crippen molar-refractivity contribution in [2.75, 3.05) is 18.4 Å². The molecule has 2 heterocycles. The summed E-state index contributed by atoms with van der Waals surface area (Å²) >= 11 is 0. The van der Waals surface area contributed by atoms with Crippen molar-refractivity contribution in [1.82, 2.24) is 14.9 Å². The summed E-state index contributed by atoms with van der Waals surface area (Å²) in [6, 6.07) is 11.1. The SMILES string of the molecule is Cc1cccc(CN2CCC(Nc3nccc(C)n3)C2)c1. The van der Waals surface area contributed by atoms with E-state index in [4.69, 9.17) is 0 Å². The van der Waals surface area contributed by atoms with Crippen molar-refractivity contribution in [1.29, 1.82) is 0 Å². The number of hydrogen-bond donors (Lipinski definition) is 1. The summed E-state index contributed by atoms with van der Waals surface area (Å²) in [6.45, 7) is 7.33. The molecular formula is C17H22N4. The monoisotopic (exact) mass is 282 g/mol. The summed E-state index contributed by atoms with van der Waals surface area (Å²) in [4.78, 5) is 11.2. The molecule has 3 rings (SSSR count). The Morgan fingerprint density at radius 3 is 3.00 bits per heavy atom. The number of nitrogens with zero attached hydrogens (tertiary/aromatic N) is 3. The van der Waals surface area contributed by atoms with Crippen LogP contribution in [0.1, 0.15) is 23.2 Å². The first-order chi connectivity index (χ1) is 10.2. The highest BCUT2D eigenvalue weighted by Gasteiger charge is 2.22. The second-order valence-electron chi connectivity index (χ2n) is 5.88. The highest BCUT2D eigenvalue weighted by molar-refractivity contribution is 5.27. The molecule has 1 aromatic carbocycles. The molecule has 0 bridgehead atoms. The first-order valence-corrected chi connectivity index (χ1v) is 7.53. The van der Waals surface area contributed by atoms with Crippen LogP contribution in [0, 0.1) is 13.8 Å². The van der Waals surface area contributed by atoms with Crippen molar-refractivity contribution >= 4 is 5.95 Å². The molecule has 1 fully saturated rings. The topological polar surface area (TPSA) is 41.0 Å². The van der Waals surface area contributed by atoms with E-state index in [0.29, 0.717) is 6.04 Å². The van der Waals surface area contributed by atoms with Gasteiger partial charge < -0.3 is 5.32 Å².